The number of hydrogen-bond acceptors (Lipinski definition) is 3. The number of pyridine rings is 1. The van der Waals surface area contributed by atoms with E-state index in [9.17, 15) is 8.42 Å². The van der Waals surface area contributed by atoms with Crippen molar-refractivity contribution in [3.8, 4) is 11.1 Å². The molecule has 27 heavy (non-hydrogen) atoms. The molecular weight excluding hydrogens is 358 g/mol. The van der Waals surface area contributed by atoms with Gasteiger partial charge in [-0.3, -0.25) is 0 Å². The number of fused-ring (bicyclic) bond motifs is 1. The average molecular weight is 376 g/mol. The first-order valence-electron chi connectivity index (χ1n) is 8.50. The summed E-state index contributed by atoms with van der Waals surface area (Å²) in [5, 5.41) is 4.96. The number of rotatable bonds is 4. The molecule has 0 aliphatic heterocycles. The molecule has 0 amide bonds. The molecule has 5 nitrogen and oxygen atoms in total. The van der Waals surface area contributed by atoms with Crippen LogP contribution in [0.2, 0.25) is 0 Å². The van der Waals surface area contributed by atoms with Gasteiger partial charge in [0.25, 0.3) is 10.0 Å². The second kappa shape index (κ2) is 6.55. The summed E-state index contributed by atoms with van der Waals surface area (Å²) in [4.78, 5) is 4.62. The Kier molecular flexibility index (Phi) is 4.20. The molecule has 0 radical (unpaired) electrons. The molecule has 136 valence electrons. The van der Waals surface area contributed by atoms with Gasteiger partial charge >= 0.3 is 0 Å². The topological polar surface area (TPSA) is 66.1 Å². The van der Waals surface area contributed by atoms with Crippen molar-refractivity contribution in [2.75, 3.05) is 7.05 Å². The Bertz CT molecular complexity index is 1210. The molecule has 0 atom stereocenters. The minimum Gasteiger partial charge on any atom is -0.687 e. The highest BCUT2D eigenvalue weighted by Crippen LogP contribution is 2.33. The van der Waals surface area contributed by atoms with E-state index in [1.807, 2.05) is 36.4 Å². The molecule has 0 saturated heterocycles. The minimum atomic E-state index is -3.72. The van der Waals surface area contributed by atoms with Crippen molar-refractivity contribution < 1.29 is 8.42 Å². The molecule has 0 N–H and O–H groups in total. The van der Waals surface area contributed by atoms with Crippen LogP contribution < -0.4 is 0 Å². The van der Waals surface area contributed by atoms with Gasteiger partial charge in [0.15, 0.2) is 5.65 Å². The number of hydrogen-bond donors (Lipinski definition) is 0. The smallest absolute Gasteiger partial charge is 0.269 e. The molecule has 6 heteroatoms. The van der Waals surface area contributed by atoms with E-state index in [0.717, 1.165) is 22.2 Å². The van der Waals surface area contributed by atoms with Gasteiger partial charge in [-0.05, 0) is 42.3 Å². The predicted molar refractivity (Wildman–Crippen MR) is 108 cm³/mol. The van der Waals surface area contributed by atoms with Gasteiger partial charge in [-0.1, -0.05) is 42.5 Å². The summed E-state index contributed by atoms with van der Waals surface area (Å²) < 4.78 is 27.7. The van der Waals surface area contributed by atoms with Gasteiger partial charge in [0.05, 0.1) is 4.90 Å². The Morgan fingerprint density at radius 2 is 1.67 bits per heavy atom. The van der Waals surface area contributed by atoms with Crippen LogP contribution in [0.3, 0.4) is 0 Å². The number of benzene rings is 2. The van der Waals surface area contributed by atoms with E-state index in [1.165, 1.54) is 3.97 Å². The molecule has 4 rings (SSSR count). The zero-order valence-electron chi connectivity index (χ0n) is 15.0. The number of aromatic nitrogens is 2. The number of nitrogens with zero attached hydrogens (tertiary/aromatic N) is 3. The molecule has 2 heterocycles. The normalized spacial score (nSPS) is 11.6. The van der Waals surface area contributed by atoms with E-state index in [0.29, 0.717) is 11.3 Å². The molecule has 4 aromatic rings. The lowest BCUT2D eigenvalue weighted by atomic mass is 10.0. The summed E-state index contributed by atoms with van der Waals surface area (Å²) in [5.41, 5.74) is 3.87. The lowest BCUT2D eigenvalue weighted by Crippen LogP contribution is -2.14. The summed E-state index contributed by atoms with van der Waals surface area (Å²) in [6.07, 6.45) is 1.65. The van der Waals surface area contributed by atoms with E-state index in [2.05, 4.69) is 10.3 Å². The van der Waals surface area contributed by atoms with Crippen molar-refractivity contribution in [2.45, 2.75) is 11.8 Å². The largest absolute Gasteiger partial charge is 0.687 e. The lowest BCUT2D eigenvalue weighted by Gasteiger charge is -2.14. The molecular formula is C21H18N3O2S-. The summed E-state index contributed by atoms with van der Waals surface area (Å²) in [6.45, 7) is 1.78. The molecule has 0 aliphatic rings. The van der Waals surface area contributed by atoms with Crippen LogP contribution in [-0.4, -0.2) is 24.4 Å². The summed E-state index contributed by atoms with van der Waals surface area (Å²) >= 11 is 0. The van der Waals surface area contributed by atoms with Gasteiger partial charge in [0.1, 0.15) is 0 Å². The predicted octanol–water partition coefficient (Wildman–Crippen LogP) is 4.88. The maximum Gasteiger partial charge on any atom is 0.269 e. The van der Waals surface area contributed by atoms with Crippen molar-refractivity contribution in [1.82, 2.24) is 8.96 Å². The fourth-order valence-corrected chi connectivity index (χ4v) is 4.76. The average Bonchev–Trinajstić information content (AvgIpc) is 3.05. The third-order valence-electron chi connectivity index (χ3n) is 4.55. The highest BCUT2D eigenvalue weighted by Gasteiger charge is 2.23. The minimum absolute atomic E-state index is 0.242. The Morgan fingerprint density at radius 1 is 0.963 bits per heavy atom. The molecule has 0 aliphatic carbocycles. The lowest BCUT2D eigenvalue weighted by molar-refractivity contribution is 0.587. The first-order valence-corrected chi connectivity index (χ1v) is 9.94. The maximum absolute atomic E-state index is 13.2. The fourth-order valence-electron chi connectivity index (χ4n) is 3.24. The van der Waals surface area contributed by atoms with Gasteiger partial charge in [0.2, 0.25) is 0 Å². The fraction of sp³-hybridized carbons (Fsp3) is 0.0952. The van der Waals surface area contributed by atoms with Crippen molar-refractivity contribution in [1.29, 1.82) is 0 Å². The second-order valence-electron chi connectivity index (χ2n) is 6.23. The van der Waals surface area contributed by atoms with E-state index in [-0.39, 0.29) is 4.90 Å². The third-order valence-corrected chi connectivity index (χ3v) is 6.36. The summed E-state index contributed by atoms with van der Waals surface area (Å²) in [7, 11) is -1.98. The monoisotopic (exact) mass is 376 g/mol. The van der Waals surface area contributed by atoms with Crippen LogP contribution in [0.4, 0.5) is 5.69 Å². The van der Waals surface area contributed by atoms with Crippen molar-refractivity contribution in [3.63, 3.8) is 0 Å². The standard InChI is InChI=1S/C21H18N3O2S/c1-15-14-20-19(16-8-10-17(22-2)11-9-16)12-13-23-21(20)24(15)27(25,26)18-6-4-3-5-7-18/h3-14H,1-2H3/q-1. The van der Waals surface area contributed by atoms with Crippen LogP contribution in [0.5, 0.6) is 0 Å². The van der Waals surface area contributed by atoms with Crippen LogP contribution in [0, 0.1) is 6.92 Å². The first-order chi connectivity index (χ1) is 13.0. The first kappa shape index (κ1) is 17.3. The van der Waals surface area contributed by atoms with Crippen molar-refractivity contribution in [3.05, 3.63) is 83.9 Å². The Balaban J connectivity index is 1.94. The van der Waals surface area contributed by atoms with Crippen molar-refractivity contribution >= 4 is 26.7 Å². The third kappa shape index (κ3) is 2.88. The highest BCUT2D eigenvalue weighted by molar-refractivity contribution is 7.90. The molecule has 0 unspecified atom stereocenters. The van der Waals surface area contributed by atoms with Crippen LogP contribution in [-0.2, 0) is 10.0 Å². The Morgan fingerprint density at radius 3 is 2.33 bits per heavy atom. The Labute approximate surface area is 158 Å². The van der Waals surface area contributed by atoms with Crippen LogP contribution >= 0.6 is 0 Å². The molecule has 0 fully saturated rings. The van der Waals surface area contributed by atoms with Crippen molar-refractivity contribution in [2.24, 2.45) is 0 Å². The second-order valence-corrected chi connectivity index (χ2v) is 8.02. The SMILES string of the molecule is C[N-]c1ccc(-c2ccnc3c2cc(C)n3S(=O)(=O)c2ccccc2)cc1. The van der Waals surface area contributed by atoms with Crippen LogP contribution in [0.15, 0.2) is 77.8 Å². The molecule has 0 saturated carbocycles. The highest BCUT2D eigenvalue weighted by atomic mass is 32.2. The van der Waals surface area contributed by atoms with E-state index in [4.69, 9.17) is 0 Å². The quantitative estimate of drug-likeness (QED) is 0.510. The van der Waals surface area contributed by atoms with Gasteiger partial charge in [-0.25, -0.2) is 17.4 Å². The summed E-state index contributed by atoms with van der Waals surface area (Å²) in [5.74, 6) is 0. The van der Waals surface area contributed by atoms with Gasteiger partial charge < -0.3 is 5.32 Å². The van der Waals surface area contributed by atoms with Gasteiger partial charge in [0, 0.05) is 17.3 Å². The zero-order valence-corrected chi connectivity index (χ0v) is 15.8. The van der Waals surface area contributed by atoms with E-state index < -0.39 is 10.0 Å². The summed E-state index contributed by atoms with van der Waals surface area (Å²) in [6, 6.07) is 20.0. The van der Waals surface area contributed by atoms with E-state index in [1.54, 1.807) is 50.5 Å². The molecule has 2 aromatic carbocycles. The molecule has 0 spiro atoms. The zero-order chi connectivity index (χ0) is 19.0. The van der Waals surface area contributed by atoms with Gasteiger partial charge in [-0.15, -0.1) is 12.7 Å². The van der Waals surface area contributed by atoms with Gasteiger partial charge in [-0.2, -0.15) is 0 Å². The van der Waals surface area contributed by atoms with Crippen LogP contribution in [0.25, 0.3) is 27.5 Å². The maximum atomic E-state index is 13.2. The molecule has 2 aromatic heterocycles. The number of aryl methyl sites for hydroxylation is 1. The molecule has 0 bridgehead atoms. The Hall–Kier alpha value is -3.12. The van der Waals surface area contributed by atoms with E-state index >= 15 is 0 Å². The van der Waals surface area contributed by atoms with Crippen LogP contribution in [0.1, 0.15) is 5.69 Å².